The van der Waals surface area contributed by atoms with Crippen LogP contribution in [-0.2, 0) is 0 Å². The summed E-state index contributed by atoms with van der Waals surface area (Å²) in [4.78, 5) is 0. The van der Waals surface area contributed by atoms with Crippen LogP contribution in [0.4, 0.5) is 0 Å². The van der Waals surface area contributed by atoms with Gasteiger partial charge in [-0.05, 0) is 30.0 Å². The molecule has 1 aromatic rings. The van der Waals surface area contributed by atoms with Crippen molar-refractivity contribution in [2.75, 3.05) is 6.61 Å². The summed E-state index contributed by atoms with van der Waals surface area (Å²) in [5, 5.41) is 9.59. The second kappa shape index (κ2) is 2.77. The molecule has 1 N–H and O–H groups in total. The fraction of sp³-hybridized carbons (Fsp3) is 0.333. The second-order valence-electron chi connectivity index (χ2n) is 3.93. The lowest BCUT2D eigenvalue weighted by Gasteiger charge is -2.30. The van der Waals surface area contributed by atoms with Gasteiger partial charge in [0, 0.05) is 12.0 Å². The number of aliphatic hydroxyl groups excluding tert-OH is 1. The van der Waals surface area contributed by atoms with Crippen LogP contribution in [0.3, 0.4) is 0 Å². The van der Waals surface area contributed by atoms with E-state index < -0.39 is 0 Å². The van der Waals surface area contributed by atoms with Crippen LogP contribution < -0.4 is 4.74 Å². The van der Waals surface area contributed by atoms with E-state index >= 15 is 0 Å². The molecule has 2 aliphatic rings. The molecule has 2 heteroatoms. The highest BCUT2D eigenvalue weighted by molar-refractivity contribution is 5.63. The van der Waals surface area contributed by atoms with Crippen LogP contribution in [0, 0.1) is 0 Å². The Morgan fingerprint density at radius 1 is 1.36 bits per heavy atom. The normalized spacial score (nSPS) is 23.4. The average Bonchev–Trinajstić information content (AvgIpc) is 2.18. The molecule has 72 valence electrons. The van der Waals surface area contributed by atoms with Crippen molar-refractivity contribution < 1.29 is 9.84 Å². The second-order valence-corrected chi connectivity index (χ2v) is 3.93. The maximum Gasteiger partial charge on any atom is 0.123 e. The van der Waals surface area contributed by atoms with Gasteiger partial charge in [0.1, 0.15) is 5.75 Å². The lowest BCUT2D eigenvalue weighted by molar-refractivity contribution is 0.255. The third-order valence-corrected chi connectivity index (χ3v) is 3.01. The van der Waals surface area contributed by atoms with E-state index in [0.717, 1.165) is 30.8 Å². The first-order chi connectivity index (χ1) is 6.84. The monoisotopic (exact) mass is 188 g/mol. The lowest BCUT2D eigenvalue weighted by Crippen LogP contribution is -2.18. The van der Waals surface area contributed by atoms with Gasteiger partial charge in [0.15, 0.2) is 0 Å². The number of hydrogen-bond donors (Lipinski definition) is 1. The van der Waals surface area contributed by atoms with Gasteiger partial charge in [-0.3, -0.25) is 0 Å². The Morgan fingerprint density at radius 3 is 3.21 bits per heavy atom. The zero-order valence-electron chi connectivity index (χ0n) is 7.86. The maximum absolute atomic E-state index is 9.59. The van der Waals surface area contributed by atoms with E-state index in [9.17, 15) is 5.11 Å². The van der Waals surface area contributed by atoms with Gasteiger partial charge in [0.05, 0.1) is 12.4 Å². The molecule has 14 heavy (non-hydrogen) atoms. The van der Waals surface area contributed by atoms with Gasteiger partial charge in [0.2, 0.25) is 0 Å². The molecule has 0 fully saturated rings. The summed E-state index contributed by atoms with van der Waals surface area (Å²) in [5.74, 6) is 1.96. The molecule has 0 saturated heterocycles. The minimum absolute atomic E-state index is 0.458. The fourth-order valence-corrected chi connectivity index (χ4v) is 2.40. The van der Waals surface area contributed by atoms with E-state index in [1.807, 2.05) is 24.3 Å². The topological polar surface area (TPSA) is 29.5 Å². The molecule has 1 heterocycles. The molecule has 1 atom stereocenters. The number of hydrogen-bond acceptors (Lipinski definition) is 2. The summed E-state index contributed by atoms with van der Waals surface area (Å²) in [6.45, 7) is 0.772. The highest BCUT2D eigenvalue weighted by Gasteiger charge is 2.27. The van der Waals surface area contributed by atoms with Crippen LogP contribution in [0.25, 0.3) is 6.08 Å². The molecule has 0 bridgehead atoms. The van der Waals surface area contributed by atoms with E-state index in [1.54, 1.807) is 0 Å². The molecule has 0 amide bonds. The molecule has 0 spiro atoms. The zero-order valence-corrected chi connectivity index (χ0v) is 7.86. The summed E-state index contributed by atoms with van der Waals surface area (Å²) in [5.41, 5.74) is 2.41. The molecule has 0 aromatic heterocycles. The minimum Gasteiger partial charge on any atom is -0.512 e. The van der Waals surface area contributed by atoms with Crippen molar-refractivity contribution in [3.8, 4) is 5.75 Å². The summed E-state index contributed by atoms with van der Waals surface area (Å²) in [7, 11) is 0. The first-order valence-electron chi connectivity index (χ1n) is 5.00. The van der Waals surface area contributed by atoms with Crippen molar-refractivity contribution >= 4 is 6.08 Å². The van der Waals surface area contributed by atoms with Gasteiger partial charge in [-0.2, -0.15) is 0 Å². The van der Waals surface area contributed by atoms with Gasteiger partial charge >= 0.3 is 0 Å². The fourth-order valence-electron chi connectivity index (χ4n) is 2.40. The number of allylic oxidation sites excluding steroid dienone is 1. The van der Waals surface area contributed by atoms with Crippen LogP contribution in [-0.4, -0.2) is 11.7 Å². The zero-order chi connectivity index (χ0) is 9.54. The summed E-state index contributed by atoms with van der Waals surface area (Å²) in [6, 6.07) is 6.03. The molecule has 0 saturated carbocycles. The largest absolute Gasteiger partial charge is 0.512 e. The third kappa shape index (κ3) is 1.03. The average molecular weight is 188 g/mol. The molecule has 3 rings (SSSR count). The van der Waals surface area contributed by atoms with Crippen LogP contribution >= 0.6 is 0 Å². The van der Waals surface area contributed by atoms with Crippen LogP contribution in [0.15, 0.2) is 24.0 Å². The first kappa shape index (κ1) is 7.92. The molecule has 0 radical (unpaired) electrons. The number of rotatable bonds is 0. The Hall–Kier alpha value is -1.44. The maximum atomic E-state index is 9.59. The molecular weight excluding hydrogens is 176 g/mol. The van der Waals surface area contributed by atoms with Crippen molar-refractivity contribution in [1.82, 2.24) is 0 Å². The van der Waals surface area contributed by atoms with E-state index in [0.29, 0.717) is 11.7 Å². The Labute approximate surface area is 82.8 Å². The standard InChI is InChI=1S/C12H12O2/c13-10-6-8-2-1-3-11-12(8)9(7-10)4-5-14-11/h1-3,6,9,13H,4-5,7H2. The summed E-state index contributed by atoms with van der Waals surface area (Å²) >= 11 is 0. The first-order valence-corrected chi connectivity index (χ1v) is 5.00. The smallest absolute Gasteiger partial charge is 0.123 e. The quantitative estimate of drug-likeness (QED) is 0.678. The van der Waals surface area contributed by atoms with Gasteiger partial charge in [-0.1, -0.05) is 12.1 Å². The summed E-state index contributed by atoms with van der Waals surface area (Å²) < 4.78 is 5.59. The van der Waals surface area contributed by atoms with E-state index in [2.05, 4.69) is 0 Å². The third-order valence-electron chi connectivity index (χ3n) is 3.01. The molecule has 1 unspecified atom stereocenters. The van der Waals surface area contributed by atoms with Crippen molar-refractivity contribution in [2.45, 2.75) is 18.8 Å². The Kier molecular flexibility index (Phi) is 1.57. The van der Waals surface area contributed by atoms with Gasteiger partial charge in [0.25, 0.3) is 0 Å². The van der Waals surface area contributed by atoms with Gasteiger partial charge in [-0.15, -0.1) is 0 Å². The predicted octanol–water partition coefficient (Wildman–Crippen LogP) is 2.86. The van der Waals surface area contributed by atoms with Gasteiger partial charge < -0.3 is 9.84 Å². The van der Waals surface area contributed by atoms with Crippen molar-refractivity contribution in [1.29, 1.82) is 0 Å². The SMILES string of the molecule is OC1=Cc2cccc3c2C(CCO3)C1. The number of ether oxygens (including phenoxy) is 1. The Balaban J connectivity index is 2.23. The van der Waals surface area contributed by atoms with Crippen molar-refractivity contribution in [3.05, 3.63) is 35.1 Å². The van der Waals surface area contributed by atoms with Crippen molar-refractivity contribution in [3.63, 3.8) is 0 Å². The van der Waals surface area contributed by atoms with E-state index in [4.69, 9.17) is 4.74 Å². The summed E-state index contributed by atoms with van der Waals surface area (Å²) in [6.07, 6.45) is 3.64. The number of aliphatic hydroxyl groups is 1. The molecule has 1 aliphatic carbocycles. The number of benzene rings is 1. The van der Waals surface area contributed by atoms with Crippen LogP contribution in [0.1, 0.15) is 29.9 Å². The molecule has 1 aliphatic heterocycles. The molecular formula is C12H12O2. The lowest BCUT2D eigenvalue weighted by atomic mass is 9.82. The minimum atomic E-state index is 0.458. The Morgan fingerprint density at radius 2 is 2.29 bits per heavy atom. The van der Waals surface area contributed by atoms with Crippen LogP contribution in [0.5, 0.6) is 5.75 Å². The van der Waals surface area contributed by atoms with E-state index in [1.165, 1.54) is 5.56 Å². The van der Waals surface area contributed by atoms with Crippen molar-refractivity contribution in [2.24, 2.45) is 0 Å². The van der Waals surface area contributed by atoms with E-state index in [-0.39, 0.29) is 0 Å². The Bertz CT molecular complexity index is 407. The highest BCUT2D eigenvalue weighted by Crippen LogP contribution is 2.42. The predicted molar refractivity (Wildman–Crippen MR) is 54.5 cm³/mol. The van der Waals surface area contributed by atoms with Crippen LogP contribution in [0.2, 0.25) is 0 Å². The highest BCUT2D eigenvalue weighted by atomic mass is 16.5. The van der Waals surface area contributed by atoms with Gasteiger partial charge in [-0.25, -0.2) is 0 Å². The molecule has 1 aromatic carbocycles. The molecule has 2 nitrogen and oxygen atoms in total.